The van der Waals surface area contributed by atoms with Crippen molar-refractivity contribution in [3.05, 3.63) is 29.8 Å². The average Bonchev–Trinajstić information content (AvgIpc) is 2.51. The number of pyridine rings is 1. The Kier molecular flexibility index (Phi) is 8.47. The molecule has 0 spiro atoms. The Labute approximate surface area is 129 Å². The van der Waals surface area contributed by atoms with Crippen LogP contribution in [0.25, 0.3) is 0 Å². The van der Waals surface area contributed by atoms with Crippen molar-refractivity contribution in [1.82, 2.24) is 15.2 Å². The zero-order valence-corrected chi connectivity index (χ0v) is 13.9. The van der Waals surface area contributed by atoms with E-state index in [0.29, 0.717) is 6.04 Å². The van der Waals surface area contributed by atoms with E-state index in [9.17, 15) is 4.39 Å². The van der Waals surface area contributed by atoms with Gasteiger partial charge in [-0.05, 0) is 51.9 Å². The summed E-state index contributed by atoms with van der Waals surface area (Å²) in [6, 6.07) is 4.04. The number of nitrogens with one attached hydrogen (secondary N) is 1. The van der Waals surface area contributed by atoms with E-state index in [2.05, 4.69) is 36.0 Å². The van der Waals surface area contributed by atoms with Crippen molar-refractivity contribution < 1.29 is 4.39 Å². The summed E-state index contributed by atoms with van der Waals surface area (Å²) in [5, 5.41) is 3.29. The van der Waals surface area contributed by atoms with E-state index in [1.807, 2.05) is 7.05 Å². The van der Waals surface area contributed by atoms with Gasteiger partial charge in [-0.2, -0.15) is 0 Å². The molecule has 3 nitrogen and oxygen atoms in total. The van der Waals surface area contributed by atoms with Crippen LogP contribution in [0, 0.1) is 5.82 Å². The number of unbranched alkanes of at least 4 members (excludes halogenated alkanes) is 1. The molecular weight excluding hydrogens is 265 g/mol. The number of hydrogen-bond acceptors (Lipinski definition) is 3. The van der Waals surface area contributed by atoms with E-state index in [0.717, 1.165) is 25.2 Å². The second-order valence-electron chi connectivity index (χ2n) is 5.68. The van der Waals surface area contributed by atoms with Gasteiger partial charge in [-0.3, -0.25) is 4.98 Å². The van der Waals surface area contributed by atoms with Gasteiger partial charge >= 0.3 is 0 Å². The van der Waals surface area contributed by atoms with Crippen molar-refractivity contribution in [3.63, 3.8) is 0 Å². The highest BCUT2D eigenvalue weighted by molar-refractivity contribution is 5.09. The van der Waals surface area contributed by atoms with Gasteiger partial charge < -0.3 is 10.2 Å². The lowest BCUT2D eigenvalue weighted by molar-refractivity contribution is 0.191. The van der Waals surface area contributed by atoms with E-state index >= 15 is 0 Å². The molecule has 1 aromatic rings. The molecule has 0 amide bonds. The SMILES string of the molecule is CCCCN(CCC(NC)c1ccc(F)cn1)C(C)CC. The molecule has 0 aliphatic heterocycles. The Hall–Kier alpha value is -1.00. The van der Waals surface area contributed by atoms with E-state index in [1.54, 1.807) is 6.07 Å². The van der Waals surface area contributed by atoms with E-state index in [-0.39, 0.29) is 11.9 Å². The van der Waals surface area contributed by atoms with Crippen molar-refractivity contribution in [2.75, 3.05) is 20.1 Å². The Morgan fingerprint density at radius 1 is 1.29 bits per heavy atom. The number of halogens is 1. The summed E-state index contributed by atoms with van der Waals surface area (Å²) in [5.41, 5.74) is 0.915. The largest absolute Gasteiger partial charge is 0.312 e. The van der Waals surface area contributed by atoms with Crippen LogP contribution in [0.1, 0.15) is 58.2 Å². The first-order chi connectivity index (χ1) is 10.1. The molecule has 0 saturated carbocycles. The Morgan fingerprint density at radius 3 is 2.57 bits per heavy atom. The molecule has 0 aromatic carbocycles. The normalized spacial score (nSPS) is 14.4. The molecule has 0 aliphatic carbocycles. The van der Waals surface area contributed by atoms with Crippen LogP contribution in [0.3, 0.4) is 0 Å². The van der Waals surface area contributed by atoms with Crippen LogP contribution in [0.4, 0.5) is 4.39 Å². The molecule has 21 heavy (non-hydrogen) atoms. The number of rotatable bonds is 10. The van der Waals surface area contributed by atoms with Gasteiger partial charge in [0.25, 0.3) is 0 Å². The molecule has 1 heterocycles. The van der Waals surface area contributed by atoms with Gasteiger partial charge in [-0.25, -0.2) is 4.39 Å². The molecule has 120 valence electrons. The summed E-state index contributed by atoms with van der Waals surface area (Å²) < 4.78 is 13.0. The average molecular weight is 295 g/mol. The maximum absolute atomic E-state index is 13.0. The third-order valence-corrected chi connectivity index (χ3v) is 4.17. The molecule has 0 bridgehead atoms. The molecule has 4 heteroatoms. The van der Waals surface area contributed by atoms with Gasteiger partial charge in [0.2, 0.25) is 0 Å². The number of hydrogen-bond donors (Lipinski definition) is 1. The van der Waals surface area contributed by atoms with Crippen LogP contribution in [0.2, 0.25) is 0 Å². The topological polar surface area (TPSA) is 28.2 Å². The fourth-order valence-electron chi connectivity index (χ4n) is 2.50. The first-order valence-corrected chi connectivity index (χ1v) is 8.15. The standard InChI is InChI=1S/C17H30FN3/c1-5-7-11-21(14(3)6-2)12-10-16(19-4)17-9-8-15(18)13-20-17/h8-9,13-14,16,19H,5-7,10-12H2,1-4H3. The lowest BCUT2D eigenvalue weighted by Gasteiger charge is -2.30. The molecular formula is C17H30FN3. The second kappa shape index (κ2) is 9.85. The van der Waals surface area contributed by atoms with Crippen LogP contribution < -0.4 is 5.32 Å². The summed E-state index contributed by atoms with van der Waals surface area (Å²) in [6.45, 7) is 8.95. The Balaban J connectivity index is 2.60. The minimum absolute atomic E-state index is 0.179. The molecule has 0 fully saturated rings. The smallest absolute Gasteiger partial charge is 0.141 e. The van der Waals surface area contributed by atoms with Crippen molar-refractivity contribution >= 4 is 0 Å². The van der Waals surface area contributed by atoms with Gasteiger partial charge in [0.1, 0.15) is 5.82 Å². The molecule has 0 radical (unpaired) electrons. The highest BCUT2D eigenvalue weighted by Crippen LogP contribution is 2.16. The fraction of sp³-hybridized carbons (Fsp3) is 0.706. The maximum atomic E-state index is 13.0. The minimum Gasteiger partial charge on any atom is -0.312 e. The van der Waals surface area contributed by atoms with E-state index in [4.69, 9.17) is 0 Å². The summed E-state index contributed by atoms with van der Waals surface area (Å²) in [5.74, 6) is -0.280. The summed E-state index contributed by atoms with van der Waals surface area (Å²) in [4.78, 5) is 6.75. The molecule has 1 aromatic heterocycles. The van der Waals surface area contributed by atoms with Gasteiger partial charge in [-0.15, -0.1) is 0 Å². The molecule has 2 atom stereocenters. The first kappa shape index (κ1) is 18.1. The lowest BCUT2D eigenvalue weighted by atomic mass is 10.1. The predicted molar refractivity (Wildman–Crippen MR) is 86.8 cm³/mol. The minimum atomic E-state index is -0.280. The van der Waals surface area contributed by atoms with Gasteiger partial charge in [-0.1, -0.05) is 20.3 Å². The fourth-order valence-corrected chi connectivity index (χ4v) is 2.50. The van der Waals surface area contributed by atoms with Crippen LogP contribution >= 0.6 is 0 Å². The third kappa shape index (κ3) is 6.10. The van der Waals surface area contributed by atoms with Crippen LogP contribution in [-0.4, -0.2) is 36.1 Å². The summed E-state index contributed by atoms with van der Waals surface area (Å²) in [6.07, 6.45) is 5.92. The Morgan fingerprint density at radius 2 is 2.05 bits per heavy atom. The summed E-state index contributed by atoms with van der Waals surface area (Å²) in [7, 11) is 1.94. The number of aromatic nitrogens is 1. The predicted octanol–water partition coefficient (Wildman–Crippen LogP) is 3.77. The van der Waals surface area contributed by atoms with Crippen molar-refractivity contribution in [2.45, 2.75) is 58.5 Å². The van der Waals surface area contributed by atoms with E-state index in [1.165, 1.54) is 31.5 Å². The molecule has 2 unspecified atom stereocenters. The van der Waals surface area contributed by atoms with Gasteiger partial charge in [0.15, 0.2) is 0 Å². The van der Waals surface area contributed by atoms with Crippen LogP contribution in [-0.2, 0) is 0 Å². The third-order valence-electron chi connectivity index (χ3n) is 4.17. The molecule has 1 rings (SSSR count). The van der Waals surface area contributed by atoms with Gasteiger partial charge in [0.05, 0.1) is 17.9 Å². The quantitative estimate of drug-likeness (QED) is 0.712. The Bertz CT molecular complexity index is 380. The maximum Gasteiger partial charge on any atom is 0.141 e. The monoisotopic (exact) mass is 295 g/mol. The van der Waals surface area contributed by atoms with Crippen molar-refractivity contribution in [2.24, 2.45) is 0 Å². The molecule has 0 aliphatic rings. The zero-order valence-electron chi connectivity index (χ0n) is 13.9. The molecule has 1 N–H and O–H groups in total. The summed E-state index contributed by atoms with van der Waals surface area (Å²) >= 11 is 0. The highest BCUT2D eigenvalue weighted by atomic mass is 19.1. The highest BCUT2D eigenvalue weighted by Gasteiger charge is 2.16. The second-order valence-corrected chi connectivity index (χ2v) is 5.68. The zero-order chi connectivity index (χ0) is 15.7. The number of nitrogens with zero attached hydrogens (tertiary/aromatic N) is 2. The van der Waals surface area contributed by atoms with E-state index < -0.39 is 0 Å². The lowest BCUT2D eigenvalue weighted by Crippen LogP contribution is -2.36. The first-order valence-electron chi connectivity index (χ1n) is 8.15. The van der Waals surface area contributed by atoms with Crippen LogP contribution in [0.15, 0.2) is 18.3 Å². The van der Waals surface area contributed by atoms with Crippen molar-refractivity contribution in [1.29, 1.82) is 0 Å². The van der Waals surface area contributed by atoms with Crippen LogP contribution in [0.5, 0.6) is 0 Å². The molecule has 0 saturated heterocycles. The van der Waals surface area contributed by atoms with Crippen molar-refractivity contribution in [3.8, 4) is 0 Å². The van der Waals surface area contributed by atoms with Gasteiger partial charge in [0, 0.05) is 12.6 Å².